The summed E-state index contributed by atoms with van der Waals surface area (Å²) in [5.74, 6) is -1.11. The predicted octanol–water partition coefficient (Wildman–Crippen LogP) is 2.80. The van der Waals surface area contributed by atoms with Crippen molar-refractivity contribution in [3.63, 3.8) is 0 Å². The summed E-state index contributed by atoms with van der Waals surface area (Å²) in [6.07, 6.45) is 1.37. The normalized spacial score (nSPS) is 13.3. The molecule has 0 bridgehead atoms. The number of hydrogen-bond donors (Lipinski definition) is 3. The molecule has 8 nitrogen and oxygen atoms in total. The van der Waals surface area contributed by atoms with E-state index in [9.17, 15) is 14.2 Å². The van der Waals surface area contributed by atoms with Gasteiger partial charge in [0.2, 0.25) is 11.8 Å². The first-order valence-corrected chi connectivity index (χ1v) is 10.6. The highest BCUT2D eigenvalue weighted by atomic mass is 31.1. The summed E-state index contributed by atoms with van der Waals surface area (Å²) in [6, 6.07) is -0.563. The van der Waals surface area contributed by atoms with Gasteiger partial charge < -0.3 is 15.7 Å². The van der Waals surface area contributed by atoms with E-state index in [1.54, 1.807) is 14.0 Å². The van der Waals surface area contributed by atoms with Crippen molar-refractivity contribution in [3.8, 4) is 0 Å². The molecule has 0 saturated carbocycles. The second kappa shape index (κ2) is 15.5. The first-order chi connectivity index (χ1) is 12.4. The van der Waals surface area contributed by atoms with Gasteiger partial charge in [0.15, 0.2) is 6.16 Å². The zero-order valence-corrected chi connectivity index (χ0v) is 18.5. The van der Waals surface area contributed by atoms with Gasteiger partial charge in [0, 0.05) is 14.0 Å². The van der Waals surface area contributed by atoms with Gasteiger partial charge in [-0.2, -0.15) is 0 Å². The van der Waals surface area contributed by atoms with Crippen LogP contribution in [0.1, 0.15) is 54.4 Å². The minimum absolute atomic E-state index is 0.190. The molecule has 0 aliphatic heterocycles. The molecule has 0 aromatic rings. The number of rotatable bonds is 11. The highest BCUT2D eigenvalue weighted by molar-refractivity contribution is 7.39. The molecule has 0 aromatic carbocycles. The van der Waals surface area contributed by atoms with Gasteiger partial charge in [0.25, 0.3) is 5.97 Å². The fraction of sp³-hybridized carbons (Fsp3) is 0.833. The molecule has 3 atom stereocenters. The Balaban J connectivity index is 0. The lowest BCUT2D eigenvalue weighted by atomic mass is 9.96. The second-order valence-corrected chi connectivity index (χ2v) is 8.37. The molecule has 0 aliphatic carbocycles. The molecule has 0 saturated heterocycles. The van der Waals surface area contributed by atoms with Gasteiger partial charge in [-0.05, 0) is 36.2 Å². The van der Waals surface area contributed by atoms with Crippen molar-refractivity contribution < 1.29 is 28.6 Å². The van der Waals surface area contributed by atoms with E-state index in [2.05, 4.69) is 10.6 Å². The molecule has 0 aliphatic rings. The Bertz CT molecular complexity index is 478. The van der Waals surface area contributed by atoms with E-state index in [1.165, 1.54) is 0 Å². The first kappa shape index (κ1) is 27.7. The van der Waals surface area contributed by atoms with Crippen LogP contribution in [0.3, 0.4) is 0 Å². The van der Waals surface area contributed by atoms with Gasteiger partial charge in [-0.25, -0.2) is 0 Å². The summed E-state index contributed by atoms with van der Waals surface area (Å²) in [6.45, 7) is 11.2. The molecule has 2 unspecified atom stereocenters. The lowest BCUT2D eigenvalue weighted by Gasteiger charge is -2.22. The minimum atomic E-state index is -1.86. The Labute approximate surface area is 163 Å². The molecule has 0 aromatic heterocycles. The number of carbonyl (C=O) groups is 3. The Morgan fingerprint density at radius 3 is 1.89 bits per heavy atom. The van der Waals surface area contributed by atoms with Gasteiger partial charge >= 0.3 is 8.03 Å². The first-order valence-electron chi connectivity index (χ1n) is 9.23. The van der Waals surface area contributed by atoms with Crippen LogP contribution in [0.5, 0.6) is 0 Å². The number of aliphatic carboxylic acids is 1. The molecular weight excluding hydrogens is 371 g/mol. The largest absolute Gasteiger partial charge is 0.508 e. The Hall–Kier alpha value is -1.53. The van der Waals surface area contributed by atoms with E-state index in [0.29, 0.717) is 25.4 Å². The molecule has 0 rings (SSSR count). The highest BCUT2D eigenvalue weighted by Gasteiger charge is 2.33. The summed E-state index contributed by atoms with van der Waals surface area (Å²) < 4.78 is 17.0. The zero-order chi connectivity index (χ0) is 21.6. The monoisotopic (exact) mass is 407 g/mol. The highest BCUT2D eigenvalue weighted by Crippen LogP contribution is 2.28. The molecular formula is C18H36N2O6P+. The lowest BCUT2D eigenvalue weighted by molar-refractivity contribution is -0.134. The fourth-order valence-electron chi connectivity index (χ4n) is 2.38. The molecule has 2 amide bonds. The third-order valence-corrected chi connectivity index (χ3v) is 4.64. The summed E-state index contributed by atoms with van der Waals surface area (Å²) in [5, 5.41) is 12.8. The number of nitrogens with one attached hydrogen (secondary N) is 2. The Morgan fingerprint density at radius 2 is 1.52 bits per heavy atom. The molecule has 3 N–H and O–H groups in total. The van der Waals surface area contributed by atoms with Crippen LogP contribution in [-0.4, -0.2) is 48.7 Å². The van der Waals surface area contributed by atoms with Crippen molar-refractivity contribution in [1.82, 2.24) is 10.6 Å². The van der Waals surface area contributed by atoms with Gasteiger partial charge in [-0.1, -0.05) is 27.7 Å². The van der Waals surface area contributed by atoms with E-state index >= 15 is 0 Å². The van der Waals surface area contributed by atoms with Crippen LogP contribution >= 0.6 is 8.03 Å². The van der Waals surface area contributed by atoms with Crippen molar-refractivity contribution in [2.75, 3.05) is 19.8 Å². The molecule has 27 heavy (non-hydrogen) atoms. The van der Waals surface area contributed by atoms with E-state index in [0.717, 1.165) is 6.92 Å². The molecule has 0 heterocycles. The van der Waals surface area contributed by atoms with Crippen molar-refractivity contribution in [2.24, 2.45) is 17.8 Å². The topological polar surface area (TPSA) is 122 Å². The molecule has 0 spiro atoms. The number of carboxylic acid groups (broad SMARTS) is 1. The van der Waals surface area contributed by atoms with Crippen LogP contribution in [0, 0.1) is 17.8 Å². The quantitative estimate of drug-likeness (QED) is 0.453. The van der Waals surface area contributed by atoms with Gasteiger partial charge in [0.1, 0.15) is 6.04 Å². The van der Waals surface area contributed by atoms with E-state index in [4.69, 9.17) is 14.4 Å². The smallest absolute Gasteiger partial charge is 0.481 e. The van der Waals surface area contributed by atoms with Crippen molar-refractivity contribution in [3.05, 3.63) is 0 Å². The predicted molar refractivity (Wildman–Crippen MR) is 106 cm³/mol. The third kappa shape index (κ3) is 16.4. The van der Waals surface area contributed by atoms with Crippen LogP contribution in [0.25, 0.3) is 0 Å². The average molecular weight is 407 g/mol. The molecule has 9 heteroatoms. The third-order valence-electron chi connectivity index (χ3n) is 3.36. The van der Waals surface area contributed by atoms with Crippen molar-refractivity contribution in [1.29, 1.82) is 0 Å². The number of carboxylic acids is 1. The van der Waals surface area contributed by atoms with E-state index < -0.39 is 26.0 Å². The fourth-order valence-corrected chi connectivity index (χ4v) is 3.45. The lowest BCUT2D eigenvalue weighted by Crippen LogP contribution is -2.48. The van der Waals surface area contributed by atoms with Gasteiger partial charge in [0.05, 0.1) is 12.5 Å². The van der Waals surface area contributed by atoms with E-state index in [1.807, 2.05) is 27.7 Å². The van der Waals surface area contributed by atoms with Crippen LogP contribution in [0.4, 0.5) is 0 Å². The van der Waals surface area contributed by atoms with Crippen LogP contribution in [0.2, 0.25) is 0 Å². The van der Waals surface area contributed by atoms with Crippen LogP contribution < -0.4 is 10.6 Å². The SMILES string of the molecule is CC(=O)O.CCO[P+](=O)CC(CC(C)C)C(=O)N[C@@H](CC(C)C)C(=O)NC. The van der Waals surface area contributed by atoms with Gasteiger partial charge in [-0.15, -0.1) is 4.52 Å². The van der Waals surface area contributed by atoms with Crippen LogP contribution in [-0.2, 0) is 23.5 Å². The Morgan fingerprint density at radius 1 is 1.04 bits per heavy atom. The van der Waals surface area contributed by atoms with E-state index in [-0.39, 0.29) is 23.9 Å². The number of carbonyl (C=O) groups excluding carboxylic acids is 2. The Kier molecular flexibility index (Phi) is 15.9. The molecule has 0 radical (unpaired) electrons. The van der Waals surface area contributed by atoms with Gasteiger partial charge in [-0.3, -0.25) is 14.4 Å². The summed E-state index contributed by atoms with van der Waals surface area (Å²) in [5.41, 5.74) is 0. The molecule has 0 fully saturated rings. The number of amides is 2. The summed E-state index contributed by atoms with van der Waals surface area (Å²) >= 11 is 0. The average Bonchev–Trinajstić information content (AvgIpc) is 2.51. The van der Waals surface area contributed by atoms with Crippen LogP contribution in [0.15, 0.2) is 0 Å². The minimum Gasteiger partial charge on any atom is -0.481 e. The number of likely N-dealkylation sites (N-methyl/N-ethyl adjacent to an activating group) is 1. The molecule has 158 valence electrons. The maximum absolute atomic E-state index is 12.6. The maximum atomic E-state index is 12.6. The summed E-state index contributed by atoms with van der Waals surface area (Å²) in [7, 11) is -0.300. The van der Waals surface area contributed by atoms with Crippen molar-refractivity contribution >= 4 is 25.8 Å². The summed E-state index contributed by atoms with van der Waals surface area (Å²) in [4.78, 5) is 33.5. The van der Waals surface area contributed by atoms with Crippen molar-refractivity contribution in [2.45, 2.75) is 60.4 Å². The zero-order valence-electron chi connectivity index (χ0n) is 17.6. The maximum Gasteiger partial charge on any atom is 0.508 e. The standard InChI is InChI=1S/C16H31N2O4P.C2H4O2/c1-7-22-23(21)10-13(8-11(2)3)15(19)18-14(9-12(4)5)16(20)17-6;1-2(3)4/h11-14H,7-10H2,1-6H3,(H-,17,18,19,20);1H3,(H,3,4)/p+1/t13?,14-;/m0./s1. The number of hydrogen-bond acceptors (Lipinski definition) is 5. The second-order valence-electron chi connectivity index (χ2n) is 7.08.